The van der Waals surface area contributed by atoms with Crippen molar-refractivity contribution >= 4 is 0 Å². The molecule has 1 rings (SSSR count). The summed E-state index contributed by atoms with van der Waals surface area (Å²) in [7, 11) is 0. The Balaban J connectivity index is 2.50. The number of hydrogen-bond donors (Lipinski definition) is 1. The Morgan fingerprint density at radius 2 is 1.87 bits per heavy atom. The lowest BCUT2D eigenvalue weighted by Crippen LogP contribution is -2.27. The standard InChI is InChI=1S/C12H17F2N/c1-3-9(2)15-8-7-10-11(13)5-4-6-12(10)14/h4-6,9,15H,3,7-8H2,1-2H3. The van der Waals surface area contributed by atoms with E-state index >= 15 is 0 Å². The van der Waals surface area contributed by atoms with Crippen LogP contribution < -0.4 is 5.32 Å². The fourth-order valence-corrected chi connectivity index (χ4v) is 1.36. The van der Waals surface area contributed by atoms with Gasteiger partial charge in [-0.05, 0) is 38.4 Å². The van der Waals surface area contributed by atoms with Crippen LogP contribution in [0.15, 0.2) is 18.2 Å². The van der Waals surface area contributed by atoms with Crippen molar-refractivity contribution in [1.82, 2.24) is 5.32 Å². The van der Waals surface area contributed by atoms with Crippen molar-refractivity contribution in [2.45, 2.75) is 32.7 Å². The minimum absolute atomic E-state index is 0.174. The zero-order chi connectivity index (χ0) is 11.3. The van der Waals surface area contributed by atoms with Gasteiger partial charge in [0.25, 0.3) is 0 Å². The number of benzene rings is 1. The molecule has 0 amide bonds. The normalized spacial score (nSPS) is 12.8. The van der Waals surface area contributed by atoms with E-state index in [0.29, 0.717) is 19.0 Å². The topological polar surface area (TPSA) is 12.0 Å². The van der Waals surface area contributed by atoms with Crippen molar-refractivity contribution in [3.8, 4) is 0 Å². The van der Waals surface area contributed by atoms with E-state index < -0.39 is 11.6 Å². The molecule has 0 fully saturated rings. The maximum Gasteiger partial charge on any atom is 0.129 e. The van der Waals surface area contributed by atoms with Gasteiger partial charge in [-0.2, -0.15) is 0 Å². The zero-order valence-corrected chi connectivity index (χ0v) is 9.19. The first-order valence-corrected chi connectivity index (χ1v) is 5.31. The fraction of sp³-hybridized carbons (Fsp3) is 0.500. The summed E-state index contributed by atoms with van der Waals surface area (Å²) in [6.07, 6.45) is 1.41. The molecule has 0 heterocycles. The molecule has 0 saturated carbocycles. The maximum atomic E-state index is 13.2. The van der Waals surface area contributed by atoms with Gasteiger partial charge in [-0.25, -0.2) is 8.78 Å². The summed E-state index contributed by atoms with van der Waals surface area (Å²) in [5, 5.41) is 3.20. The quantitative estimate of drug-likeness (QED) is 0.793. The molecule has 3 heteroatoms. The average molecular weight is 213 g/mol. The van der Waals surface area contributed by atoms with E-state index in [2.05, 4.69) is 19.2 Å². The van der Waals surface area contributed by atoms with Crippen LogP contribution in [-0.4, -0.2) is 12.6 Å². The van der Waals surface area contributed by atoms with Crippen LogP contribution in [-0.2, 0) is 6.42 Å². The van der Waals surface area contributed by atoms with Crippen LogP contribution in [0, 0.1) is 11.6 Å². The summed E-state index contributed by atoms with van der Waals surface area (Å²) in [6.45, 7) is 4.73. The van der Waals surface area contributed by atoms with Crippen LogP contribution in [0.3, 0.4) is 0 Å². The van der Waals surface area contributed by atoms with Gasteiger partial charge in [-0.15, -0.1) is 0 Å². The predicted octanol–water partition coefficient (Wildman–Crippen LogP) is 2.90. The lowest BCUT2D eigenvalue weighted by Gasteiger charge is -2.11. The van der Waals surface area contributed by atoms with Gasteiger partial charge < -0.3 is 5.32 Å². The van der Waals surface area contributed by atoms with Gasteiger partial charge >= 0.3 is 0 Å². The van der Waals surface area contributed by atoms with E-state index in [0.717, 1.165) is 6.42 Å². The second-order valence-corrected chi connectivity index (χ2v) is 3.71. The Bertz CT molecular complexity index is 292. The molecule has 1 aromatic carbocycles. The lowest BCUT2D eigenvalue weighted by molar-refractivity contribution is 0.512. The second kappa shape index (κ2) is 5.81. The van der Waals surface area contributed by atoms with Gasteiger partial charge in [0.1, 0.15) is 11.6 Å². The molecule has 15 heavy (non-hydrogen) atoms. The van der Waals surface area contributed by atoms with E-state index in [1.165, 1.54) is 18.2 Å². The Hall–Kier alpha value is -0.960. The molecule has 0 aliphatic carbocycles. The van der Waals surface area contributed by atoms with Crippen molar-refractivity contribution in [3.05, 3.63) is 35.4 Å². The monoisotopic (exact) mass is 213 g/mol. The molecule has 84 valence electrons. The third-order valence-corrected chi connectivity index (χ3v) is 2.54. The Morgan fingerprint density at radius 3 is 2.40 bits per heavy atom. The van der Waals surface area contributed by atoms with Crippen molar-refractivity contribution in [3.63, 3.8) is 0 Å². The third kappa shape index (κ3) is 3.59. The van der Waals surface area contributed by atoms with E-state index in [-0.39, 0.29) is 5.56 Å². The third-order valence-electron chi connectivity index (χ3n) is 2.54. The predicted molar refractivity (Wildman–Crippen MR) is 57.8 cm³/mol. The SMILES string of the molecule is CCC(C)NCCc1c(F)cccc1F. The van der Waals surface area contributed by atoms with E-state index in [9.17, 15) is 8.78 Å². The number of hydrogen-bond acceptors (Lipinski definition) is 1. The molecule has 0 aliphatic heterocycles. The molecule has 1 unspecified atom stereocenters. The molecule has 0 aliphatic rings. The molecule has 0 spiro atoms. The van der Waals surface area contributed by atoms with Crippen molar-refractivity contribution in [1.29, 1.82) is 0 Å². The van der Waals surface area contributed by atoms with Gasteiger partial charge in [-0.3, -0.25) is 0 Å². The molecular formula is C12H17F2N. The number of rotatable bonds is 5. The molecule has 1 nitrogen and oxygen atoms in total. The van der Waals surface area contributed by atoms with Gasteiger partial charge in [0, 0.05) is 11.6 Å². The summed E-state index contributed by atoms with van der Waals surface area (Å²) in [6, 6.07) is 4.36. The van der Waals surface area contributed by atoms with Gasteiger partial charge in [0.2, 0.25) is 0 Å². The van der Waals surface area contributed by atoms with Crippen LogP contribution in [0.4, 0.5) is 8.78 Å². The molecule has 0 radical (unpaired) electrons. The first-order valence-electron chi connectivity index (χ1n) is 5.31. The molecule has 0 aromatic heterocycles. The van der Waals surface area contributed by atoms with Crippen LogP contribution in [0.1, 0.15) is 25.8 Å². The largest absolute Gasteiger partial charge is 0.314 e. The second-order valence-electron chi connectivity index (χ2n) is 3.71. The maximum absolute atomic E-state index is 13.2. The minimum atomic E-state index is -0.457. The highest BCUT2D eigenvalue weighted by atomic mass is 19.1. The van der Waals surface area contributed by atoms with Crippen LogP contribution in [0.25, 0.3) is 0 Å². The van der Waals surface area contributed by atoms with Crippen LogP contribution >= 0.6 is 0 Å². The summed E-state index contributed by atoms with van der Waals surface area (Å²) in [4.78, 5) is 0. The Morgan fingerprint density at radius 1 is 1.27 bits per heavy atom. The summed E-state index contributed by atoms with van der Waals surface area (Å²) in [5.74, 6) is -0.915. The Labute approximate surface area is 89.5 Å². The molecule has 1 N–H and O–H groups in total. The van der Waals surface area contributed by atoms with E-state index in [4.69, 9.17) is 0 Å². The summed E-state index contributed by atoms with van der Waals surface area (Å²) >= 11 is 0. The highest BCUT2D eigenvalue weighted by molar-refractivity contribution is 5.19. The minimum Gasteiger partial charge on any atom is -0.314 e. The highest BCUT2D eigenvalue weighted by Gasteiger charge is 2.07. The fourth-order valence-electron chi connectivity index (χ4n) is 1.36. The van der Waals surface area contributed by atoms with Gasteiger partial charge in [-0.1, -0.05) is 13.0 Å². The molecule has 0 saturated heterocycles. The smallest absolute Gasteiger partial charge is 0.129 e. The highest BCUT2D eigenvalue weighted by Crippen LogP contribution is 2.12. The first kappa shape index (κ1) is 12.1. The van der Waals surface area contributed by atoms with Crippen molar-refractivity contribution in [2.24, 2.45) is 0 Å². The van der Waals surface area contributed by atoms with Gasteiger partial charge in [0.15, 0.2) is 0 Å². The number of nitrogens with one attached hydrogen (secondary N) is 1. The number of halogens is 2. The Kier molecular flexibility index (Phi) is 4.69. The van der Waals surface area contributed by atoms with E-state index in [1.54, 1.807) is 0 Å². The summed E-state index contributed by atoms with van der Waals surface area (Å²) < 4.78 is 26.4. The molecule has 1 aromatic rings. The average Bonchev–Trinajstić information content (AvgIpc) is 2.22. The summed E-state index contributed by atoms with van der Waals surface area (Å²) in [5.41, 5.74) is 0.174. The van der Waals surface area contributed by atoms with Crippen molar-refractivity contribution < 1.29 is 8.78 Å². The first-order chi connectivity index (χ1) is 7.15. The van der Waals surface area contributed by atoms with Crippen LogP contribution in [0.2, 0.25) is 0 Å². The van der Waals surface area contributed by atoms with Crippen molar-refractivity contribution in [2.75, 3.05) is 6.54 Å². The van der Waals surface area contributed by atoms with Gasteiger partial charge in [0.05, 0.1) is 0 Å². The molecule has 1 atom stereocenters. The molecule has 0 bridgehead atoms. The van der Waals surface area contributed by atoms with Crippen LogP contribution in [0.5, 0.6) is 0 Å². The van der Waals surface area contributed by atoms with E-state index in [1.807, 2.05) is 0 Å². The molecular weight excluding hydrogens is 196 g/mol. The zero-order valence-electron chi connectivity index (χ0n) is 9.19. The lowest BCUT2D eigenvalue weighted by atomic mass is 10.1.